The maximum atomic E-state index is 9.31. The fourth-order valence-electron chi connectivity index (χ4n) is 3.28. The highest BCUT2D eigenvalue weighted by Crippen LogP contribution is 2.33. The summed E-state index contributed by atoms with van der Waals surface area (Å²) in [5.41, 5.74) is 5.76. The fourth-order valence-corrected chi connectivity index (χ4v) is 3.40. The zero-order chi connectivity index (χ0) is 17.6. The maximum Gasteiger partial charge on any atom is 0.222 e. The Morgan fingerprint density at radius 2 is 2.00 bits per heavy atom. The van der Waals surface area contributed by atoms with Crippen LogP contribution < -0.4 is 15.8 Å². The molecule has 1 saturated carbocycles. The van der Waals surface area contributed by atoms with Crippen LogP contribution in [0.4, 0.5) is 11.8 Å². The Morgan fingerprint density at radius 3 is 2.76 bits per heavy atom. The third-order valence-corrected chi connectivity index (χ3v) is 4.80. The van der Waals surface area contributed by atoms with Gasteiger partial charge >= 0.3 is 0 Å². The molecule has 1 aromatic carbocycles. The van der Waals surface area contributed by atoms with Gasteiger partial charge in [-0.15, -0.1) is 0 Å². The topological polar surface area (TPSA) is 93.3 Å². The first-order chi connectivity index (χ1) is 12.2. The summed E-state index contributed by atoms with van der Waals surface area (Å²) in [6.07, 6.45) is 6.85. The van der Waals surface area contributed by atoms with E-state index in [4.69, 9.17) is 22.1 Å². The van der Waals surface area contributed by atoms with Crippen molar-refractivity contribution in [3.05, 3.63) is 35.5 Å². The molecule has 4 N–H and O–H groups in total. The predicted octanol–water partition coefficient (Wildman–Crippen LogP) is 3.86. The molecule has 0 saturated heterocycles. The quantitative estimate of drug-likeness (QED) is 0.722. The number of ether oxygens (including phenoxy) is 1. The monoisotopic (exact) mass is 362 g/mol. The lowest BCUT2D eigenvalue weighted by Crippen LogP contribution is -2.33. The van der Waals surface area contributed by atoms with Crippen LogP contribution in [0, 0.1) is 5.92 Å². The Morgan fingerprint density at radius 1 is 1.24 bits per heavy atom. The van der Waals surface area contributed by atoms with Crippen LogP contribution >= 0.6 is 11.6 Å². The lowest BCUT2D eigenvalue weighted by atomic mass is 9.82. The van der Waals surface area contributed by atoms with Crippen molar-refractivity contribution < 1.29 is 9.84 Å². The molecule has 6 nitrogen and oxygen atoms in total. The molecule has 1 heterocycles. The van der Waals surface area contributed by atoms with Crippen LogP contribution in [-0.2, 0) is 0 Å². The molecule has 25 heavy (non-hydrogen) atoms. The summed E-state index contributed by atoms with van der Waals surface area (Å²) in [6.45, 7) is 0.197. The van der Waals surface area contributed by atoms with E-state index in [1.807, 2.05) is 0 Å². The van der Waals surface area contributed by atoms with E-state index in [-0.39, 0.29) is 18.6 Å². The third kappa shape index (κ3) is 4.74. The van der Waals surface area contributed by atoms with E-state index < -0.39 is 0 Å². The van der Waals surface area contributed by atoms with E-state index in [1.54, 1.807) is 30.5 Å². The predicted molar refractivity (Wildman–Crippen MR) is 99.0 cm³/mol. The summed E-state index contributed by atoms with van der Waals surface area (Å²) in [5, 5.41) is 13.4. The van der Waals surface area contributed by atoms with Gasteiger partial charge < -0.3 is 20.9 Å². The molecule has 7 heteroatoms. The van der Waals surface area contributed by atoms with Crippen LogP contribution in [-0.4, -0.2) is 27.7 Å². The number of nitrogens with zero attached hydrogens (tertiary/aromatic N) is 2. The first kappa shape index (κ1) is 17.8. The van der Waals surface area contributed by atoms with Crippen LogP contribution in [0.15, 0.2) is 30.5 Å². The molecule has 1 fully saturated rings. The first-order valence-electron chi connectivity index (χ1n) is 8.59. The Hall–Kier alpha value is -2.05. The van der Waals surface area contributed by atoms with Gasteiger partial charge in [0, 0.05) is 17.7 Å². The highest BCUT2D eigenvalue weighted by Gasteiger charge is 2.26. The number of hydrogen-bond donors (Lipinski definition) is 3. The van der Waals surface area contributed by atoms with Crippen LogP contribution in [0.25, 0.3) is 0 Å². The Kier molecular flexibility index (Phi) is 5.94. The van der Waals surface area contributed by atoms with Gasteiger partial charge in [-0.05, 0) is 49.4 Å². The highest BCUT2D eigenvalue weighted by atomic mass is 35.5. The summed E-state index contributed by atoms with van der Waals surface area (Å²) in [6, 6.07) is 7.35. The van der Waals surface area contributed by atoms with Gasteiger partial charge in [0.15, 0.2) is 11.6 Å². The lowest BCUT2D eigenvalue weighted by Gasteiger charge is -2.32. The molecular weight excluding hydrogens is 340 g/mol. The number of benzene rings is 1. The van der Waals surface area contributed by atoms with Gasteiger partial charge in [-0.2, -0.15) is 4.98 Å². The van der Waals surface area contributed by atoms with Crippen LogP contribution in [0.3, 0.4) is 0 Å². The van der Waals surface area contributed by atoms with E-state index in [0.29, 0.717) is 28.3 Å². The number of rotatable bonds is 6. The van der Waals surface area contributed by atoms with Gasteiger partial charge in [-0.25, -0.2) is 4.98 Å². The van der Waals surface area contributed by atoms with Crippen molar-refractivity contribution in [3.8, 4) is 11.5 Å². The standard InChI is InChI=1S/C18H23ClN4O2/c19-13-5-7-14(8-6-13)25-16-11-21-18(20)23-17(16)22-15-4-2-1-3-12(15)9-10-24/h5-8,11-12,15,24H,1-4,9-10H2,(H3,20,21,22,23). The molecule has 0 spiro atoms. The molecule has 2 atom stereocenters. The van der Waals surface area contributed by atoms with Gasteiger partial charge in [0.2, 0.25) is 5.95 Å². The van der Waals surface area contributed by atoms with Crippen molar-refractivity contribution in [1.82, 2.24) is 9.97 Å². The minimum Gasteiger partial charge on any atom is -0.452 e. The number of hydrogen-bond acceptors (Lipinski definition) is 6. The minimum atomic E-state index is 0.195. The average Bonchev–Trinajstić information content (AvgIpc) is 2.61. The largest absolute Gasteiger partial charge is 0.452 e. The number of aromatic nitrogens is 2. The Balaban J connectivity index is 1.79. The summed E-state index contributed by atoms with van der Waals surface area (Å²) in [4.78, 5) is 8.36. The third-order valence-electron chi connectivity index (χ3n) is 4.55. The summed E-state index contributed by atoms with van der Waals surface area (Å²) in [7, 11) is 0. The van der Waals surface area contributed by atoms with Crippen molar-refractivity contribution in [1.29, 1.82) is 0 Å². The summed E-state index contributed by atoms with van der Waals surface area (Å²) in [5.74, 6) is 2.36. The number of nitrogens with two attached hydrogens (primary N) is 1. The molecule has 0 amide bonds. The van der Waals surface area contributed by atoms with Gasteiger partial charge in [0.05, 0.1) is 6.20 Å². The van der Waals surface area contributed by atoms with Gasteiger partial charge in [-0.1, -0.05) is 24.4 Å². The van der Waals surface area contributed by atoms with E-state index in [0.717, 1.165) is 25.7 Å². The Labute approximate surface area is 152 Å². The van der Waals surface area contributed by atoms with E-state index >= 15 is 0 Å². The van der Waals surface area contributed by atoms with Gasteiger partial charge in [-0.3, -0.25) is 0 Å². The molecule has 1 aromatic heterocycles. The highest BCUT2D eigenvalue weighted by molar-refractivity contribution is 6.30. The number of aliphatic hydroxyl groups excluding tert-OH is 1. The molecule has 2 aromatic rings. The number of anilines is 2. The van der Waals surface area contributed by atoms with Crippen molar-refractivity contribution in [2.24, 2.45) is 5.92 Å². The van der Waals surface area contributed by atoms with E-state index in [9.17, 15) is 5.11 Å². The SMILES string of the molecule is Nc1ncc(Oc2ccc(Cl)cc2)c(NC2CCCCC2CCO)n1. The average molecular weight is 363 g/mol. The number of nitrogens with one attached hydrogen (secondary N) is 1. The molecule has 0 aliphatic heterocycles. The number of nitrogen functional groups attached to an aromatic ring is 1. The summed E-state index contributed by atoms with van der Waals surface area (Å²) < 4.78 is 5.91. The van der Waals surface area contributed by atoms with Crippen molar-refractivity contribution in [2.75, 3.05) is 17.7 Å². The second-order valence-electron chi connectivity index (χ2n) is 6.30. The van der Waals surface area contributed by atoms with Crippen LogP contribution in [0.1, 0.15) is 32.1 Å². The van der Waals surface area contributed by atoms with E-state index in [1.165, 1.54) is 6.42 Å². The van der Waals surface area contributed by atoms with Gasteiger partial charge in [0.1, 0.15) is 5.75 Å². The van der Waals surface area contributed by atoms with Gasteiger partial charge in [0.25, 0.3) is 0 Å². The summed E-state index contributed by atoms with van der Waals surface area (Å²) >= 11 is 5.91. The minimum absolute atomic E-state index is 0.195. The normalized spacial score (nSPS) is 20.2. The molecule has 134 valence electrons. The zero-order valence-electron chi connectivity index (χ0n) is 14.0. The molecule has 0 bridgehead atoms. The zero-order valence-corrected chi connectivity index (χ0v) is 14.7. The molecular formula is C18H23ClN4O2. The lowest BCUT2D eigenvalue weighted by molar-refractivity contribution is 0.219. The van der Waals surface area contributed by atoms with Crippen molar-refractivity contribution in [2.45, 2.75) is 38.1 Å². The first-order valence-corrected chi connectivity index (χ1v) is 8.97. The fraction of sp³-hybridized carbons (Fsp3) is 0.444. The van der Waals surface area contributed by atoms with Crippen molar-refractivity contribution >= 4 is 23.4 Å². The molecule has 1 aliphatic rings. The van der Waals surface area contributed by atoms with Crippen LogP contribution in [0.2, 0.25) is 5.02 Å². The molecule has 1 aliphatic carbocycles. The second kappa shape index (κ2) is 8.36. The smallest absolute Gasteiger partial charge is 0.222 e. The van der Waals surface area contributed by atoms with Crippen LogP contribution in [0.5, 0.6) is 11.5 Å². The molecule has 2 unspecified atom stereocenters. The Bertz CT molecular complexity index is 694. The molecule has 3 rings (SSSR count). The number of halogens is 1. The molecule has 0 radical (unpaired) electrons. The maximum absolute atomic E-state index is 9.31. The number of aliphatic hydroxyl groups is 1. The van der Waals surface area contributed by atoms with Crippen molar-refractivity contribution in [3.63, 3.8) is 0 Å². The second-order valence-corrected chi connectivity index (χ2v) is 6.74. The van der Waals surface area contributed by atoms with E-state index in [2.05, 4.69) is 15.3 Å².